The molecule has 0 aromatic carbocycles. The Bertz CT molecular complexity index is 1420. The Morgan fingerprint density at radius 3 is 0.918 bits per heavy atom. The SMILES string of the molecule is CCCCCC/C=C\CCCCCCCC(=O)OCCCCCCCCCCCCCCC/C=C\C/C=C\CCCCCCCCCCCCCCCCCCCC(=O)NC(CO)C(O)/C=C/CCCCCCCCCCCCCCCCCC. The maximum Gasteiger partial charge on any atom is 0.305 e. The number of amides is 1. The molecule has 0 heterocycles. The number of nitrogens with one attached hydrogen (secondary N) is 1. The van der Waals surface area contributed by atoms with Crippen LogP contribution in [0.5, 0.6) is 0 Å². The zero-order valence-electron chi connectivity index (χ0n) is 57.4. The average Bonchev–Trinajstić information content (AvgIpc) is 3.51. The molecule has 0 bridgehead atoms. The highest BCUT2D eigenvalue weighted by Crippen LogP contribution is 2.19. The Morgan fingerprint density at radius 2 is 0.588 bits per heavy atom. The lowest BCUT2D eigenvalue weighted by molar-refractivity contribution is -0.143. The smallest absolute Gasteiger partial charge is 0.305 e. The molecule has 0 aromatic heterocycles. The van der Waals surface area contributed by atoms with E-state index in [1.807, 2.05) is 6.08 Å². The zero-order chi connectivity index (χ0) is 61.3. The Kier molecular flexibility index (Phi) is 72.4. The van der Waals surface area contributed by atoms with Crippen molar-refractivity contribution < 1.29 is 24.5 Å². The number of hydrogen-bond acceptors (Lipinski definition) is 5. The number of unbranched alkanes of at least 4 members (excludes halogenated alkanes) is 55. The summed E-state index contributed by atoms with van der Waals surface area (Å²) in [4.78, 5) is 24.6. The van der Waals surface area contributed by atoms with Crippen LogP contribution in [-0.2, 0) is 14.3 Å². The Hall–Kier alpha value is -2.18. The molecular weight excluding hydrogens is 1040 g/mol. The third-order valence-electron chi connectivity index (χ3n) is 17.8. The van der Waals surface area contributed by atoms with E-state index in [2.05, 4.69) is 55.6 Å². The Balaban J connectivity index is 3.38. The number of carbonyl (C=O) groups is 2. The summed E-state index contributed by atoms with van der Waals surface area (Å²) in [5.41, 5.74) is 0. The highest BCUT2D eigenvalue weighted by Gasteiger charge is 2.18. The molecule has 0 aromatic rings. The van der Waals surface area contributed by atoms with Gasteiger partial charge in [0.15, 0.2) is 0 Å². The van der Waals surface area contributed by atoms with E-state index < -0.39 is 12.1 Å². The first kappa shape index (κ1) is 82.8. The molecule has 6 heteroatoms. The van der Waals surface area contributed by atoms with Gasteiger partial charge in [-0.15, -0.1) is 0 Å². The van der Waals surface area contributed by atoms with Gasteiger partial charge in [-0.25, -0.2) is 0 Å². The predicted molar refractivity (Wildman–Crippen MR) is 375 cm³/mol. The molecule has 2 atom stereocenters. The highest BCUT2D eigenvalue weighted by molar-refractivity contribution is 5.76. The van der Waals surface area contributed by atoms with Crippen LogP contribution in [0.25, 0.3) is 0 Å². The van der Waals surface area contributed by atoms with Crippen LogP contribution in [0.3, 0.4) is 0 Å². The lowest BCUT2D eigenvalue weighted by Crippen LogP contribution is -2.45. The van der Waals surface area contributed by atoms with E-state index in [0.717, 1.165) is 51.4 Å². The predicted octanol–water partition coefficient (Wildman–Crippen LogP) is 25.2. The van der Waals surface area contributed by atoms with Crippen molar-refractivity contribution in [3.8, 4) is 0 Å². The van der Waals surface area contributed by atoms with E-state index in [4.69, 9.17) is 4.74 Å². The van der Waals surface area contributed by atoms with Gasteiger partial charge in [-0.05, 0) is 89.9 Å². The van der Waals surface area contributed by atoms with Crippen LogP contribution in [0.1, 0.15) is 418 Å². The minimum atomic E-state index is -0.843. The molecule has 6 nitrogen and oxygen atoms in total. The first-order chi connectivity index (χ1) is 42.0. The molecule has 0 saturated heterocycles. The number of aliphatic hydroxyl groups excluding tert-OH is 2. The van der Waals surface area contributed by atoms with Crippen LogP contribution in [0.15, 0.2) is 48.6 Å². The maximum absolute atomic E-state index is 12.5. The summed E-state index contributed by atoms with van der Waals surface area (Å²) in [6.45, 7) is 4.92. The number of ether oxygens (including phenoxy) is 1. The fourth-order valence-corrected chi connectivity index (χ4v) is 12.0. The van der Waals surface area contributed by atoms with Gasteiger partial charge in [0.05, 0.1) is 25.4 Å². The lowest BCUT2D eigenvalue weighted by atomic mass is 10.0. The largest absolute Gasteiger partial charge is 0.466 e. The number of rotatable bonds is 72. The molecule has 0 radical (unpaired) electrons. The summed E-state index contributed by atoms with van der Waals surface area (Å²) in [6.07, 6.45) is 98.0. The molecule has 0 aliphatic heterocycles. The van der Waals surface area contributed by atoms with Crippen LogP contribution in [0.2, 0.25) is 0 Å². The molecule has 0 aliphatic rings. The van der Waals surface area contributed by atoms with Gasteiger partial charge in [-0.2, -0.15) is 0 Å². The molecule has 0 saturated carbocycles. The minimum absolute atomic E-state index is 0.00950. The highest BCUT2D eigenvalue weighted by atomic mass is 16.5. The first-order valence-corrected chi connectivity index (χ1v) is 38.4. The van der Waals surface area contributed by atoms with Crippen LogP contribution >= 0.6 is 0 Å². The Morgan fingerprint density at radius 1 is 0.329 bits per heavy atom. The van der Waals surface area contributed by atoms with Gasteiger partial charge in [0.1, 0.15) is 0 Å². The lowest BCUT2D eigenvalue weighted by Gasteiger charge is -2.20. The van der Waals surface area contributed by atoms with Gasteiger partial charge >= 0.3 is 5.97 Å². The summed E-state index contributed by atoms with van der Waals surface area (Å²) in [7, 11) is 0. The topological polar surface area (TPSA) is 95.9 Å². The second-order valence-electron chi connectivity index (χ2n) is 26.3. The summed E-state index contributed by atoms with van der Waals surface area (Å²) >= 11 is 0. The standard InChI is InChI=1S/C79H149NO5/c1-3-5-7-9-11-13-15-17-18-19-41-44-48-51-55-59-63-67-71-77(82)76(75-81)80-78(83)72-68-64-60-56-52-49-45-42-39-37-35-33-31-29-27-25-23-21-20-22-24-26-28-30-32-34-36-38-40-43-46-50-54-58-62-66-70-74-85-79(84)73-69-65-61-57-53-47-16-14-12-10-8-6-4-2/h14,16,20,22,26,28,67,71,76-77,81-82H,3-13,15,17-19,21,23-25,27,29-66,68-70,72-75H2,1-2H3,(H,80,83)/b16-14-,22-20-,28-26-,71-67+. The van der Waals surface area contributed by atoms with Gasteiger partial charge in [0, 0.05) is 12.8 Å². The number of carbonyl (C=O) groups excluding carboxylic acids is 2. The third-order valence-corrected chi connectivity index (χ3v) is 17.8. The number of aliphatic hydroxyl groups is 2. The molecule has 85 heavy (non-hydrogen) atoms. The zero-order valence-corrected chi connectivity index (χ0v) is 57.4. The fourth-order valence-electron chi connectivity index (χ4n) is 12.0. The van der Waals surface area contributed by atoms with Crippen molar-refractivity contribution in [2.45, 2.75) is 431 Å². The molecule has 3 N–H and O–H groups in total. The van der Waals surface area contributed by atoms with Crippen molar-refractivity contribution in [3.05, 3.63) is 48.6 Å². The number of allylic oxidation sites excluding steroid dienone is 7. The summed E-state index contributed by atoms with van der Waals surface area (Å²) in [6, 6.07) is -0.627. The van der Waals surface area contributed by atoms with Crippen molar-refractivity contribution in [1.29, 1.82) is 0 Å². The van der Waals surface area contributed by atoms with Crippen molar-refractivity contribution >= 4 is 11.9 Å². The second kappa shape index (κ2) is 74.3. The van der Waals surface area contributed by atoms with Gasteiger partial charge < -0.3 is 20.3 Å². The molecule has 500 valence electrons. The first-order valence-electron chi connectivity index (χ1n) is 38.4. The summed E-state index contributed by atoms with van der Waals surface area (Å²) in [5, 5.41) is 23.2. The van der Waals surface area contributed by atoms with E-state index in [1.54, 1.807) is 6.08 Å². The molecule has 0 spiro atoms. The van der Waals surface area contributed by atoms with Crippen LogP contribution in [0, 0.1) is 0 Å². The van der Waals surface area contributed by atoms with Crippen molar-refractivity contribution in [1.82, 2.24) is 5.32 Å². The van der Waals surface area contributed by atoms with Crippen molar-refractivity contribution in [3.63, 3.8) is 0 Å². The number of hydrogen-bond donors (Lipinski definition) is 3. The third kappa shape index (κ3) is 70.8. The number of esters is 1. The van der Waals surface area contributed by atoms with Gasteiger partial charge in [0.2, 0.25) is 5.91 Å². The van der Waals surface area contributed by atoms with E-state index >= 15 is 0 Å². The molecule has 1 amide bonds. The van der Waals surface area contributed by atoms with Crippen LogP contribution in [-0.4, -0.2) is 47.4 Å². The summed E-state index contributed by atoms with van der Waals surface area (Å²) < 4.78 is 5.48. The minimum Gasteiger partial charge on any atom is -0.466 e. The molecule has 0 aliphatic carbocycles. The Labute approximate surface area is 531 Å². The fraction of sp³-hybridized carbons (Fsp3) is 0.873. The average molecular weight is 1190 g/mol. The van der Waals surface area contributed by atoms with E-state index in [0.29, 0.717) is 19.4 Å². The second-order valence-corrected chi connectivity index (χ2v) is 26.3. The van der Waals surface area contributed by atoms with Crippen molar-refractivity contribution in [2.75, 3.05) is 13.2 Å². The van der Waals surface area contributed by atoms with Gasteiger partial charge in [0.25, 0.3) is 0 Å². The normalized spacial score (nSPS) is 12.8. The van der Waals surface area contributed by atoms with E-state index in [-0.39, 0.29) is 18.5 Å². The molecule has 0 fully saturated rings. The van der Waals surface area contributed by atoms with Gasteiger partial charge in [-0.3, -0.25) is 9.59 Å². The van der Waals surface area contributed by atoms with E-state index in [9.17, 15) is 19.8 Å². The molecular formula is C79H149NO5. The molecule has 2 unspecified atom stereocenters. The quantitative estimate of drug-likeness (QED) is 0.0320. The van der Waals surface area contributed by atoms with Crippen molar-refractivity contribution in [2.24, 2.45) is 0 Å². The van der Waals surface area contributed by atoms with E-state index in [1.165, 1.54) is 340 Å². The molecule has 0 rings (SSSR count). The van der Waals surface area contributed by atoms with Crippen LogP contribution in [0.4, 0.5) is 0 Å². The monoisotopic (exact) mass is 1190 g/mol. The maximum atomic E-state index is 12.5. The van der Waals surface area contributed by atoms with Crippen LogP contribution < -0.4 is 5.32 Å². The van der Waals surface area contributed by atoms with Gasteiger partial charge in [-0.1, -0.05) is 364 Å². The summed E-state index contributed by atoms with van der Waals surface area (Å²) in [5.74, 6) is -0.0525.